The van der Waals surface area contributed by atoms with E-state index < -0.39 is 0 Å². The van der Waals surface area contributed by atoms with Gasteiger partial charge in [-0.2, -0.15) is 0 Å². The standard InChI is InChI=1S/C22H22N4O/c1-3-9-17(10-4-1)25-16-26(18-11-5-2-6-12-18)22-21(25)23-15-19(24-22)20-13-7-8-14-27-20/h1-6,9-12,15,20H,7-8,13-14,16H2. The summed E-state index contributed by atoms with van der Waals surface area (Å²) in [7, 11) is 0. The summed E-state index contributed by atoms with van der Waals surface area (Å²) in [5.74, 6) is 1.79. The van der Waals surface area contributed by atoms with Gasteiger partial charge >= 0.3 is 0 Å². The van der Waals surface area contributed by atoms with Crippen molar-refractivity contribution >= 4 is 23.0 Å². The van der Waals surface area contributed by atoms with Crippen LogP contribution in [0.4, 0.5) is 23.0 Å². The number of hydrogen-bond acceptors (Lipinski definition) is 5. The third-order valence-electron chi connectivity index (χ3n) is 5.19. The van der Waals surface area contributed by atoms with Crippen LogP contribution in [-0.2, 0) is 4.74 Å². The first-order valence-electron chi connectivity index (χ1n) is 9.54. The van der Waals surface area contributed by atoms with Gasteiger partial charge in [0.05, 0.1) is 11.9 Å². The Kier molecular flexibility index (Phi) is 4.22. The Morgan fingerprint density at radius 1 is 0.815 bits per heavy atom. The highest BCUT2D eigenvalue weighted by Gasteiger charge is 2.32. The smallest absolute Gasteiger partial charge is 0.178 e. The van der Waals surface area contributed by atoms with Gasteiger partial charge < -0.3 is 14.5 Å². The van der Waals surface area contributed by atoms with E-state index in [0.29, 0.717) is 6.67 Å². The molecule has 0 spiro atoms. The Bertz CT molecular complexity index is 910. The number of rotatable bonds is 3. The van der Waals surface area contributed by atoms with Crippen molar-refractivity contribution in [2.45, 2.75) is 25.4 Å². The maximum atomic E-state index is 5.94. The topological polar surface area (TPSA) is 41.5 Å². The van der Waals surface area contributed by atoms with Crippen LogP contribution in [0.2, 0.25) is 0 Å². The monoisotopic (exact) mass is 358 g/mol. The molecular formula is C22H22N4O. The minimum Gasteiger partial charge on any atom is -0.372 e. The lowest BCUT2D eigenvalue weighted by atomic mass is 10.1. The molecule has 27 heavy (non-hydrogen) atoms. The lowest BCUT2D eigenvalue weighted by Gasteiger charge is -2.23. The fourth-order valence-electron chi connectivity index (χ4n) is 3.79. The van der Waals surface area contributed by atoms with Gasteiger partial charge in [0.2, 0.25) is 0 Å². The van der Waals surface area contributed by atoms with Crippen molar-refractivity contribution in [1.82, 2.24) is 9.97 Å². The Morgan fingerprint density at radius 2 is 1.48 bits per heavy atom. The van der Waals surface area contributed by atoms with Gasteiger partial charge in [-0.3, -0.25) is 0 Å². The lowest BCUT2D eigenvalue weighted by Crippen LogP contribution is -2.24. The zero-order valence-corrected chi connectivity index (χ0v) is 15.2. The van der Waals surface area contributed by atoms with Gasteiger partial charge in [0.1, 0.15) is 12.8 Å². The maximum absolute atomic E-state index is 5.94. The third kappa shape index (κ3) is 3.04. The van der Waals surface area contributed by atoms with Gasteiger partial charge in [-0.25, -0.2) is 9.97 Å². The summed E-state index contributed by atoms with van der Waals surface area (Å²) >= 11 is 0. The number of ether oxygens (including phenoxy) is 1. The van der Waals surface area contributed by atoms with Crippen LogP contribution in [0.5, 0.6) is 0 Å². The predicted molar refractivity (Wildman–Crippen MR) is 107 cm³/mol. The normalized spacial score (nSPS) is 19.2. The number of aromatic nitrogens is 2. The number of benzene rings is 2. The van der Waals surface area contributed by atoms with E-state index in [1.54, 1.807) is 0 Å². The highest BCUT2D eigenvalue weighted by molar-refractivity contribution is 5.81. The van der Waals surface area contributed by atoms with E-state index in [9.17, 15) is 0 Å². The molecule has 5 nitrogen and oxygen atoms in total. The number of hydrogen-bond donors (Lipinski definition) is 0. The Hall–Kier alpha value is -2.92. The van der Waals surface area contributed by atoms with Crippen LogP contribution in [0.1, 0.15) is 31.1 Å². The molecule has 1 aromatic heterocycles. The number of para-hydroxylation sites is 2. The summed E-state index contributed by atoms with van der Waals surface area (Å²) in [4.78, 5) is 14.3. The highest BCUT2D eigenvalue weighted by atomic mass is 16.5. The van der Waals surface area contributed by atoms with Crippen molar-refractivity contribution in [3.05, 3.63) is 72.6 Å². The van der Waals surface area contributed by atoms with Gasteiger partial charge in [-0.1, -0.05) is 36.4 Å². The van der Waals surface area contributed by atoms with E-state index in [0.717, 1.165) is 48.2 Å². The fourth-order valence-corrected chi connectivity index (χ4v) is 3.79. The van der Waals surface area contributed by atoms with E-state index in [-0.39, 0.29) is 6.10 Å². The quantitative estimate of drug-likeness (QED) is 0.661. The van der Waals surface area contributed by atoms with Gasteiger partial charge in [0.25, 0.3) is 0 Å². The van der Waals surface area contributed by atoms with Crippen LogP contribution in [0.3, 0.4) is 0 Å². The average molecular weight is 358 g/mol. The number of anilines is 4. The summed E-state index contributed by atoms with van der Waals surface area (Å²) < 4.78 is 5.94. The molecule has 5 heteroatoms. The van der Waals surface area contributed by atoms with Crippen LogP contribution in [0, 0.1) is 0 Å². The van der Waals surface area contributed by atoms with Crippen molar-refractivity contribution in [3.8, 4) is 0 Å². The molecule has 0 radical (unpaired) electrons. The van der Waals surface area contributed by atoms with Crippen molar-refractivity contribution in [1.29, 1.82) is 0 Å². The molecule has 1 atom stereocenters. The zero-order valence-electron chi connectivity index (χ0n) is 15.2. The minimum atomic E-state index is 0.0555. The van der Waals surface area contributed by atoms with E-state index >= 15 is 0 Å². The van der Waals surface area contributed by atoms with E-state index in [4.69, 9.17) is 14.7 Å². The van der Waals surface area contributed by atoms with Gasteiger partial charge in [0.15, 0.2) is 11.6 Å². The SMILES string of the molecule is c1ccc(N2CN(c3ccccc3)c3nc(C4CCCCO4)cnc32)cc1. The zero-order chi connectivity index (χ0) is 18.1. The van der Waals surface area contributed by atoms with Crippen LogP contribution in [-0.4, -0.2) is 23.2 Å². The number of nitrogens with zero attached hydrogens (tertiary/aromatic N) is 4. The van der Waals surface area contributed by atoms with Gasteiger partial charge in [0, 0.05) is 18.0 Å². The highest BCUT2D eigenvalue weighted by Crippen LogP contribution is 2.42. The minimum absolute atomic E-state index is 0.0555. The van der Waals surface area contributed by atoms with Crippen molar-refractivity contribution < 1.29 is 4.74 Å². The van der Waals surface area contributed by atoms with E-state index in [1.165, 1.54) is 6.42 Å². The molecule has 0 bridgehead atoms. The third-order valence-corrected chi connectivity index (χ3v) is 5.19. The summed E-state index contributed by atoms with van der Waals surface area (Å²) in [6, 6.07) is 20.7. The van der Waals surface area contributed by atoms with Crippen molar-refractivity contribution in [2.75, 3.05) is 23.1 Å². The average Bonchev–Trinajstić information content (AvgIpc) is 3.14. The predicted octanol–water partition coefficient (Wildman–Crippen LogP) is 4.97. The molecule has 0 amide bonds. The molecule has 1 fully saturated rings. The van der Waals surface area contributed by atoms with Crippen molar-refractivity contribution in [3.63, 3.8) is 0 Å². The molecule has 0 N–H and O–H groups in total. The second-order valence-corrected chi connectivity index (χ2v) is 6.97. The molecule has 136 valence electrons. The van der Waals surface area contributed by atoms with Crippen LogP contribution < -0.4 is 9.80 Å². The van der Waals surface area contributed by atoms with Gasteiger partial charge in [-0.05, 0) is 43.5 Å². The summed E-state index contributed by atoms with van der Waals surface area (Å²) in [5, 5.41) is 0. The molecule has 1 unspecified atom stereocenters. The Morgan fingerprint density at radius 3 is 2.11 bits per heavy atom. The summed E-state index contributed by atoms with van der Waals surface area (Å²) in [6.07, 6.45) is 5.27. The van der Waals surface area contributed by atoms with Crippen LogP contribution in [0.25, 0.3) is 0 Å². The van der Waals surface area contributed by atoms with Crippen molar-refractivity contribution in [2.24, 2.45) is 0 Å². The molecule has 0 aliphatic carbocycles. The molecular weight excluding hydrogens is 336 g/mol. The summed E-state index contributed by atoms with van der Waals surface area (Å²) in [5.41, 5.74) is 3.17. The van der Waals surface area contributed by atoms with E-state index in [1.807, 2.05) is 18.3 Å². The maximum Gasteiger partial charge on any atom is 0.178 e. The first-order valence-corrected chi connectivity index (χ1v) is 9.54. The largest absolute Gasteiger partial charge is 0.372 e. The molecule has 3 heterocycles. The molecule has 0 saturated carbocycles. The van der Waals surface area contributed by atoms with Crippen LogP contribution >= 0.6 is 0 Å². The molecule has 2 aliphatic heterocycles. The molecule has 1 saturated heterocycles. The summed E-state index contributed by atoms with van der Waals surface area (Å²) in [6.45, 7) is 1.50. The second-order valence-electron chi connectivity index (χ2n) is 6.97. The first-order chi connectivity index (χ1) is 13.4. The van der Waals surface area contributed by atoms with Crippen LogP contribution in [0.15, 0.2) is 66.9 Å². The van der Waals surface area contributed by atoms with Gasteiger partial charge in [-0.15, -0.1) is 0 Å². The molecule has 5 rings (SSSR count). The Balaban J connectivity index is 1.58. The molecule has 2 aliphatic rings. The second kappa shape index (κ2) is 7.00. The first kappa shape index (κ1) is 16.3. The number of fused-ring (bicyclic) bond motifs is 1. The lowest BCUT2D eigenvalue weighted by molar-refractivity contribution is 0.0122. The fraction of sp³-hybridized carbons (Fsp3) is 0.273. The molecule has 3 aromatic rings. The Labute approximate surface area is 159 Å². The van der Waals surface area contributed by atoms with E-state index in [2.05, 4.69) is 58.3 Å². The molecule has 2 aromatic carbocycles.